The van der Waals surface area contributed by atoms with Gasteiger partial charge in [-0.2, -0.15) is 0 Å². The molecule has 1 atom stereocenters. The second kappa shape index (κ2) is 4.59. The molecule has 0 bridgehead atoms. The Morgan fingerprint density at radius 2 is 2.00 bits per heavy atom. The molecular formula is C9H13N3O. The van der Waals surface area contributed by atoms with Crippen LogP contribution >= 0.6 is 0 Å². The lowest BCUT2D eigenvalue weighted by Crippen LogP contribution is -2.32. The topological polar surface area (TPSA) is 81.1 Å². The number of hydrogen-bond donors (Lipinski definition) is 3. The second-order valence-corrected chi connectivity index (χ2v) is 2.79. The summed E-state index contributed by atoms with van der Waals surface area (Å²) in [5, 5.41) is 0. The molecule has 0 radical (unpaired) electrons. The van der Waals surface area contributed by atoms with Crippen LogP contribution in [-0.4, -0.2) is 5.91 Å². The molecule has 1 aromatic rings. The molecule has 4 nitrogen and oxygen atoms in total. The third-order valence-electron chi connectivity index (χ3n) is 1.79. The van der Waals surface area contributed by atoms with Gasteiger partial charge in [-0.05, 0) is 5.56 Å². The smallest absolute Gasteiger partial charge is 0.235 e. The fourth-order valence-corrected chi connectivity index (χ4v) is 1.08. The Bertz CT molecular complexity index is 273. The molecule has 0 fully saturated rings. The van der Waals surface area contributed by atoms with Gasteiger partial charge < -0.3 is 5.73 Å². The number of carbonyl (C=O) groups is 1. The molecule has 1 rings (SSSR count). The number of nitrogens with one attached hydrogen (secondary N) is 1. The molecule has 0 aliphatic carbocycles. The van der Waals surface area contributed by atoms with Gasteiger partial charge in [-0.25, -0.2) is 5.84 Å². The maximum atomic E-state index is 10.9. The number of carbonyl (C=O) groups excluding carboxylic acids is 1. The predicted molar refractivity (Wildman–Crippen MR) is 50.3 cm³/mol. The summed E-state index contributed by atoms with van der Waals surface area (Å²) in [5.74, 6) is 4.69. The van der Waals surface area contributed by atoms with Crippen LogP contribution in [0.3, 0.4) is 0 Å². The molecule has 0 saturated carbocycles. The fraction of sp³-hybridized carbons (Fsp3) is 0.222. The Morgan fingerprint density at radius 3 is 2.54 bits per heavy atom. The molecule has 1 amide bonds. The highest BCUT2D eigenvalue weighted by Gasteiger charge is 2.09. The Balaban J connectivity index is 2.59. The van der Waals surface area contributed by atoms with E-state index in [-0.39, 0.29) is 18.4 Å². The van der Waals surface area contributed by atoms with E-state index in [9.17, 15) is 4.79 Å². The van der Waals surface area contributed by atoms with E-state index in [0.29, 0.717) is 0 Å². The Hall–Kier alpha value is -1.39. The van der Waals surface area contributed by atoms with E-state index in [0.717, 1.165) is 5.56 Å². The fourth-order valence-electron chi connectivity index (χ4n) is 1.08. The van der Waals surface area contributed by atoms with Crippen LogP contribution in [0.25, 0.3) is 0 Å². The second-order valence-electron chi connectivity index (χ2n) is 2.79. The first-order valence-corrected chi connectivity index (χ1v) is 4.04. The number of amides is 1. The van der Waals surface area contributed by atoms with Crippen molar-refractivity contribution in [1.29, 1.82) is 0 Å². The largest absolute Gasteiger partial charge is 0.324 e. The van der Waals surface area contributed by atoms with Crippen LogP contribution in [0.5, 0.6) is 0 Å². The van der Waals surface area contributed by atoms with Crippen molar-refractivity contribution in [2.24, 2.45) is 11.6 Å². The van der Waals surface area contributed by atoms with Crippen LogP contribution in [0.4, 0.5) is 0 Å². The van der Waals surface area contributed by atoms with Gasteiger partial charge in [0.05, 0.1) is 0 Å². The van der Waals surface area contributed by atoms with Crippen molar-refractivity contribution in [3.63, 3.8) is 0 Å². The van der Waals surface area contributed by atoms with E-state index in [1.54, 1.807) is 0 Å². The standard InChI is InChI=1S/C9H13N3O/c10-8(6-9(13)12-11)7-4-2-1-3-5-7/h1-5,8H,6,10-11H2,(H,12,13). The lowest BCUT2D eigenvalue weighted by Gasteiger charge is -2.09. The average molecular weight is 179 g/mol. The first-order chi connectivity index (χ1) is 6.24. The highest BCUT2D eigenvalue weighted by molar-refractivity contribution is 5.76. The molecule has 0 aliphatic heterocycles. The van der Waals surface area contributed by atoms with Crippen molar-refractivity contribution < 1.29 is 4.79 Å². The van der Waals surface area contributed by atoms with Crippen molar-refractivity contribution in [3.05, 3.63) is 35.9 Å². The van der Waals surface area contributed by atoms with E-state index >= 15 is 0 Å². The Labute approximate surface area is 76.9 Å². The molecule has 13 heavy (non-hydrogen) atoms. The molecule has 0 spiro atoms. The molecule has 70 valence electrons. The lowest BCUT2D eigenvalue weighted by atomic mass is 10.0. The van der Waals surface area contributed by atoms with Gasteiger partial charge in [-0.3, -0.25) is 10.2 Å². The summed E-state index contributed by atoms with van der Waals surface area (Å²) in [6.07, 6.45) is 0.209. The third-order valence-corrected chi connectivity index (χ3v) is 1.79. The van der Waals surface area contributed by atoms with Crippen LogP contribution in [-0.2, 0) is 4.79 Å². The molecule has 0 aromatic heterocycles. The molecule has 5 N–H and O–H groups in total. The Morgan fingerprint density at radius 1 is 1.38 bits per heavy atom. The minimum Gasteiger partial charge on any atom is -0.324 e. The van der Waals surface area contributed by atoms with E-state index in [1.165, 1.54) is 0 Å². The number of hydrazine groups is 1. The minimum absolute atomic E-state index is 0.209. The highest BCUT2D eigenvalue weighted by atomic mass is 16.2. The van der Waals surface area contributed by atoms with E-state index in [1.807, 2.05) is 35.8 Å². The summed E-state index contributed by atoms with van der Waals surface area (Å²) in [4.78, 5) is 10.9. The van der Waals surface area contributed by atoms with Crippen molar-refractivity contribution in [2.75, 3.05) is 0 Å². The van der Waals surface area contributed by atoms with Crippen molar-refractivity contribution in [1.82, 2.24) is 5.43 Å². The van der Waals surface area contributed by atoms with Gasteiger partial charge >= 0.3 is 0 Å². The summed E-state index contributed by atoms with van der Waals surface area (Å²) in [6, 6.07) is 9.15. The van der Waals surface area contributed by atoms with E-state index < -0.39 is 0 Å². The summed E-state index contributed by atoms with van der Waals surface area (Å²) in [5.41, 5.74) is 8.74. The molecule has 1 unspecified atom stereocenters. The first-order valence-electron chi connectivity index (χ1n) is 4.04. The molecule has 1 aromatic carbocycles. The SMILES string of the molecule is NNC(=O)CC(N)c1ccccc1. The number of benzene rings is 1. The van der Waals surface area contributed by atoms with E-state index in [4.69, 9.17) is 11.6 Å². The molecule has 0 heterocycles. The zero-order valence-corrected chi connectivity index (χ0v) is 7.23. The van der Waals surface area contributed by atoms with Gasteiger partial charge in [-0.1, -0.05) is 30.3 Å². The number of nitrogens with two attached hydrogens (primary N) is 2. The summed E-state index contributed by atoms with van der Waals surface area (Å²) in [7, 11) is 0. The van der Waals surface area contributed by atoms with Gasteiger partial charge in [0.1, 0.15) is 0 Å². The predicted octanol–water partition coefficient (Wildman–Crippen LogP) is 0.0664. The lowest BCUT2D eigenvalue weighted by molar-refractivity contribution is -0.121. The quantitative estimate of drug-likeness (QED) is 0.349. The van der Waals surface area contributed by atoms with Crippen molar-refractivity contribution >= 4 is 5.91 Å². The van der Waals surface area contributed by atoms with Crippen LogP contribution < -0.4 is 17.0 Å². The van der Waals surface area contributed by atoms with Gasteiger partial charge in [-0.15, -0.1) is 0 Å². The Kier molecular flexibility index (Phi) is 3.42. The van der Waals surface area contributed by atoms with Gasteiger partial charge in [0.15, 0.2) is 0 Å². The van der Waals surface area contributed by atoms with Gasteiger partial charge in [0, 0.05) is 12.5 Å². The van der Waals surface area contributed by atoms with Gasteiger partial charge in [0.25, 0.3) is 0 Å². The van der Waals surface area contributed by atoms with Crippen LogP contribution in [0, 0.1) is 0 Å². The van der Waals surface area contributed by atoms with Crippen molar-refractivity contribution in [2.45, 2.75) is 12.5 Å². The molecule has 0 aliphatic rings. The minimum atomic E-state index is -0.287. The van der Waals surface area contributed by atoms with Crippen LogP contribution in [0.1, 0.15) is 18.0 Å². The molecule has 4 heteroatoms. The summed E-state index contributed by atoms with van der Waals surface area (Å²) >= 11 is 0. The van der Waals surface area contributed by atoms with Crippen LogP contribution in [0.15, 0.2) is 30.3 Å². The number of hydrogen-bond acceptors (Lipinski definition) is 3. The molecular weight excluding hydrogens is 166 g/mol. The maximum Gasteiger partial charge on any atom is 0.235 e. The first kappa shape index (κ1) is 9.70. The zero-order valence-electron chi connectivity index (χ0n) is 7.23. The molecule has 0 saturated heterocycles. The highest BCUT2D eigenvalue weighted by Crippen LogP contribution is 2.12. The van der Waals surface area contributed by atoms with Crippen LogP contribution in [0.2, 0.25) is 0 Å². The zero-order chi connectivity index (χ0) is 9.68. The van der Waals surface area contributed by atoms with Gasteiger partial charge in [0.2, 0.25) is 5.91 Å². The summed E-state index contributed by atoms with van der Waals surface area (Å²) < 4.78 is 0. The normalized spacial score (nSPS) is 12.2. The summed E-state index contributed by atoms with van der Waals surface area (Å²) in [6.45, 7) is 0. The average Bonchev–Trinajstić information content (AvgIpc) is 2.19. The number of rotatable bonds is 3. The van der Waals surface area contributed by atoms with E-state index in [2.05, 4.69) is 0 Å². The van der Waals surface area contributed by atoms with Crippen molar-refractivity contribution in [3.8, 4) is 0 Å². The third kappa shape index (κ3) is 2.85. The monoisotopic (exact) mass is 179 g/mol. The maximum absolute atomic E-state index is 10.9.